The fraction of sp³-hybridized carbons (Fsp3) is 0.267. The van der Waals surface area contributed by atoms with Crippen LogP contribution in [-0.2, 0) is 4.74 Å². The summed E-state index contributed by atoms with van der Waals surface area (Å²) >= 11 is 0. The number of hydrogen-bond donors (Lipinski definition) is 2. The number of carbonyl (C=O) groups is 2. The van der Waals surface area contributed by atoms with Crippen molar-refractivity contribution in [2.45, 2.75) is 26.4 Å². The first-order valence-electron chi connectivity index (χ1n) is 6.63. The quantitative estimate of drug-likeness (QED) is 0.909. The topological polar surface area (TPSA) is 93.5 Å². The Labute approximate surface area is 127 Å². The summed E-state index contributed by atoms with van der Waals surface area (Å²) in [4.78, 5) is 22.6. The number of ether oxygens (including phenoxy) is 1. The monoisotopic (exact) mass is 303 g/mol. The molecule has 7 heteroatoms. The zero-order valence-electron chi connectivity index (χ0n) is 12.5. The molecule has 1 aromatic carbocycles. The van der Waals surface area contributed by atoms with Gasteiger partial charge in [0.1, 0.15) is 5.60 Å². The molecule has 2 rings (SSSR count). The van der Waals surface area contributed by atoms with E-state index in [2.05, 4.69) is 10.4 Å². The van der Waals surface area contributed by atoms with E-state index < -0.39 is 17.7 Å². The molecule has 116 valence electrons. The Morgan fingerprint density at radius 3 is 2.64 bits per heavy atom. The molecule has 0 fully saturated rings. The summed E-state index contributed by atoms with van der Waals surface area (Å²) in [7, 11) is 0. The Morgan fingerprint density at radius 1 is 1.32 bits per heavy atom. The van der Waals surface area contributed by atoms with Crippen LogP contribution in [0.1, 0.15) is 31.1 Å². The van der Waals surface area contributed by atoms with Gasteiger partial charge in [-0.15, -0.1) is 0 Å². The maximum Gasteiger partial charge on any atom is 0.412 e. The van der Waals surface area contributed by atoms with Crippen molar-refractivity contribution in [3.8, 4) is 5.69 Å². The van der Waals surface area contributed by atoms with E-state index in [1.54, 1.807) is 45.0 Å². The van der Waals surface area contributed by atoms with Crippen LogP contribution in [0.25, 0.3) is 5.69 Å². The highest BCUT2D eigenvalue weighted by Crippen LogP contribution is 2.16. The molecular weight excluding hydrogens is 286 g/mol. The molecular formula is C15H17N3O4. The van der Waals surface area contributed by atoms with Gasteiger partial charge in [0.2, 0.25) is 0 Å². The molecule has 0 saturated carbocycles. The molecule has 0 saturated heterocycles. The Bertz CT molecular complexity index is 701. The molecule has 2 aromatic rings. The highest BCUT2D eigenvalue weighted by atomic mass is 16.6. The lowest BCUT2D eigenvalue weighted by Gasteiger charge is -2.19. The maximum atomic E-state index is 11.7. The molecule has 0 atom stereocenters. The van der Waals surface area contributed by atoms with Crippen LogP contribution in [0, 0.1) is 0 Å². The van der Waals surface area contributed by atoms with Gasteiger partial charge < -0.3 is 9.84 Å². The summed E-state index contributed by atoms with van der Waals surface area (Å²) in [5.41, 5.74) is 0.658. The Morgan fingerprint density at radius 2 is 2.05 bits per heavy atom. The first kappa shape index (κ1) is 15.6. The van der Waals surface area contributed by atoms with E-state index >= 15 is 0 Å². The highest BCUT2D eigenvalue weighted by molar-refractivity contribution is 5.87. The molecule has 0 bridgehead atoms. The second-order valence-corrected chi connectivity index (χ2v) is 5.66. The van der Waals surface area contributed by atoms with Crippen molar-refractivity contribution in [2.75, 3.05) is 5.32 Å². The van der Waals surface area contributed by atoms with Crippen LogP contribution in [0.3, 0.4) is 0 Å². The number of rotatable bonds is 3. The number of hydrogen-bond acceptors (Lipinski definition) is 4. The van der Waals surface area contributed by atoms with Gasteiger partial charge in [-0.1, -0.05) is 6.07 Å². The molecule has 22 heavy (non-hydrogen) atoms. The van der Waals surface area contributed by atoms with E-state index in [0.29, 0.717) is 11.4 Å². The first-order chi connectivity index (χ1) is 10.2. The summed E-state index contributed by atoms with van der Waals surface area (Å²) in [6.07, 6.45) is 2.10. The Kier molecular flexibility index (Phi) is 4.16. The minimum atomic E-state index is -1.05. The van der Waals surface area contributed by atoms with Crippen LogP contribution in [0.2, 0.25) is 0 Å². The van der Waals surface area contributed by atoms with Gasteiger partial charge in [0.05, 0.1) is 17.4 Å². The second kappa shape index (κ2) is 5.88. The third-order valence-electron chi connectivity index (χ3n) is 2.59. The van der Waals surface area contributed by atoms with E-state index in [-0.39, 0.29) is 5.56 Å². The van der Waals surface area contributed by atoms with Crippen molar-refractivity contribution in [2.24, 2.45) is 0 Å². The number of nitrogens with zero attached hydrogens (tertiary/aromatic N) is 2. The number of amides is 1. The number of carboxylic acid groups (broad SMARTS) is 1. The van der Waals surface area contributed by atoms with Crippen LogP contribution in [0.15, 0.2) is 36.7 Å². The molecule has 2 N–H and O–H groups in total. The number of benzene rings is 1. The smallest absolute Gasteiger partial charge is 0.412 e. The van der Waals surface area contributed by atoms with Crippen molar-refractivity contribution in [1.29, 1.82) is 0 Å². The molecule has 1 amide bonds. The molecule has 0 aliphatic heterocycles. The van der Waals surface area contributed by atoms with Crippen molar-refractivity contribution in [3.63, 3.8) is 0 Å². The number of carboxylic acids is 1. The molecule has 0 unspecified atom stereocenters. The summed E-state index contributed by atoms with van der Waals surface area (Å²) in [6.45, 7) is 5.33. The number of aromatic nitrogens is 2. The average molecular weight is 303 g/mol. The highest BCUT2D eigenvalue weighted by Gasteiger charge is 2.16. The molecule has 0 aliphatic carbocycles. The van der Waals surface area contributed by atoms with Gasteiger partial charge in [0.25, 0.3) is 0 Å². The molecule has 0 aliphatic rings. The zero-order valence-corrected chi connectivity index (χ0v) is 12.5. The van der Waals surface area contributed by atoms with Gasteiger partial charge >= 0.3 is 12.1 Å². The van der Waals surface area contributed by atoms with Crippen LogP contribution in [0.4, 0.5) is 10.5 Å². The van der Waals surface area contributed by atoms with Crippen LogP contribution < -0.4 is 5.32 Å². The lowest BCUT2D eigenvalue weighted by molar-refractivity contribution is 0.0634. The second-order valence-electron chi connectivity index (χ2n) is 5.66. The number of anilines is 1. The largest absolute Gasteiger partial charge is 0.478 e. The maximum absolute atomic E-state index is 11.7. The SMILES string of the molecule is CC(C)(C)OC(=O)Nc1cccc(-n2cc(C(=O)O)cn2)c1. The number of nitrogens with one attached hydrogen (secondary N) is 1. The molecule has 1 heterocycles. The van der Waals surface area contributed by atoms with Crippen molar-refractivity contribution >= 4 is 17.7 Å². The van der Waals surface area contributed by atoms with Crippen molar-refractivity contribution < 1.29 is 19.4 Å². The lowest BCUT2D eigenvalue weighted by Crippen LogP contribution is -2.27. The number of aromatic carboxylic acids is 1. The van der Waals surface area contributed by atoms with Gasteiger partial charge in [0.15, 0.2) is 0 Å². The van der Waals surface area contributed by atoms with E-state index in [9.17, 15) is 9.59 Å². The Balaban J connectivity index is 2.16. The van der Waals surface area contributed by atoms with Gasteiger partial charge in [-0.05, 0) is 39.0 Å². The molecule has 7 nitrogen and oxygen atoms in total. The molecule has 0 spiro atoms. The van der Waals surface area contributed by atoms with Gasteiger partial charge in [-0.3, -0.25) is 5.32 Å². The fourth-order valence-corrected chi connectivity index (χ4v) is 1.72. The summed E-state index contributed by atoms with van der Waals surface area (Å²) in [5.74, 6) is -1.05. The van der Waals surface area contributed by atoms with Crippen LogP contribution in [-0.4, -0.2) is 32.6 Å². The average Bonchev–Trinajstić information content (AvgIpc) is 2.86. The molecule has 0 radical (unpaired) electrons. The third kappa shape index (κ3) is 4.08. The number of carbonyl (C=O) groups excluding carboxylic acids is 1. The minimum absolute atomic E-state index is 0.0884. The van der Waals surface area contributed by atoms with Gasteiger partial charge in [0, 0.05) is 11.9 Å². The fourth-order valence-electron chi connectivity index (χ4n) is 1.72. The van der Waals surface area contributed by atoms with Crippen molar-refractivity contribution in [3.05, 3.63) is 42.2 Å². The lowest BCUT2D eigenvalue weighted by atomic mass is 10.2. The normalized spacial score (nSPS) is 11.0. The first-order valence-corrected chi connectivity index (χ1v) is 6.63. The van der Waals surface area contributed by atoms with Crippen LogP contribution >= 0.6 is 0 Å². The van der Waals surface area contributed by atoms with Crippen LogP contribution in [0.5, 0.6) is 0 Å². The van der Waals surface area contributed by atoms with Gasteiger partial charge in [-0.2, -0.15) is 5.10 Å². The van der Waals surface area contributed by atoms with E-state index in [1.807, 2.05) is 0 Å². The standard InChI is InChI=1S/C15H17N3O4/c1-15(2,3)22-14(21)17-11-5-4-6-12(7-11)18-9-10(8-16-18)13(19)20/h4-9H,1-3H3,(H,17,21)(H,19,20). The van der Waals surface area contributed by atoms with E-state index in [0.717, 1.165) is 0 Å². The summed E-state index contributed by atoms with van der Waals surface area (Å²) in [5, 5.41) is 15.5. The minimum Gasteiger partial charge on any atom is -0.478 e. The van der Waals surface area contributed by atoms with Crippen molar-refractivity contribution in [1.82, 2.24) is 9.78 Å². The van der Waals surface area contributed by atoms with E-state index in [1.165, 1.54) is 17.1 Å². The van der Waals surface area contributed by atoms with E-state index in [4.69, 9.17) is 9.84 Å². The predicted molar refractivity (Wildman–Crippen MR) is 80.4 cm³/mol. The summed E-state index contributed by atoms with van der Waals surface area (Å²) < 4.78 is 6.59. The Hall–Kier alpha value is -2.83. The van der Waals surface area contributed by atoms with Gasteiger partial charge in [-0.25, -0.2) is 14.3 Å². The summed E-state index contributed by atoms with van der Waals surface area (Å²) in [6, 6.07) is 6.85. The predicted octanol–water partition coefficient (Wildman–Crippen LogP) is 2.92. The third-order valence-corrected chi connectivity index (χ3v) is 2.59. The zero-order chi connectivity index (χ0) is 16.3. The molecule has 1 aromatic heterocycles.